The molecule has 2 heterocycles. The number of hydrogen-bond donors (Lipinski definition) is 0. The number of rotatable bonds is 5. The number of carbonyl (C=O) groups excluding carboxylic acids is 1. The summed E-state index contributed by atoms with van der Waals surface area (Å²) in [5, 5.41) is 10.3. The molecule has 0 aliphatic carbocycles. The summed E-state index contributed by atoms with van der Waals surface area (Å²) >= 11 is 0. The number of aryl methyl sites for hydroxylation is 1. The quantitative estimate of drug-likeness (QED) is 0.464. The zero-order valence-corrected chi connectivity index (χ0v) is 17.3. The van der Waals surface area contributed by atoms with E-state index in [2.05, 4.69) is 9.97 Å². The molecule has 0 saturated carbocycles. The van der Waals surface area contributed by atoms with Crippen molar-refractivity contribution in [1.29, 1.82) is 5.26 Å². The number of hydrogen-bond acceptors (Lipinski definition) is 6. The molecule has 0 spiro atoms. The Morgan fingerprint density at radius 1 is 1.06 bits per heavy atom. The molecule has 0 bridgehead atoms. The van der Waals surface area contributed by atoms with Gasteiger partial charge >= 0.3 is 5.97 Å². The summed E-state index contributed by atoms with van der Waals surface area (Å²) in [6, 6.07) is 16.3. The van der Waals surface area contributed by atoms with Crippen molar-refractivity contribution < 1.29 is 9.53 Å². The lowest BCUT2D eigenvalue weighted by Gasteiger charge is -2.14. The van der Waals surface area contributed by atoms with Gasteiger partial charge in [-0.2, -0.15) is 5.26 Å². The number of carbonyl (C=O) groups is 1. The third-order valence-corrected chi connectivity index (χ3v) is 5.28. The molecule has 31 heavy (non-hydrogen) atoms. The van der Waals surface area contributed by atoms with Gasteiger partial charge in [-0.05, 0) is 37.1 Å². The minimum Gasteiger partial charge on any atom is -0.454 e. The zero-order valence-electron chi connectivity index (χ0n) is 17.3. The number of aromatic nitrogens is 3. The van der Waals surface area contributed by atoms with Crippen LogP contribution in [0.15, 0.2) is 53.3 Å². The van der Waals surface area contributed by atoms with Gasteiger partial charge in [0.15, 0.2) is 5.82 Å². The third kappa shape index (κ3) is 3.64. The van der Waals surface area contributed by atoms with Crippen LogP contribution in [0, 0.1) is 18.3 Å². The topological polar surface area (TPSA) is 97.9 Å². The van der Waals surface area contributed by atoms with Gasteiger partial charge in [-0.15, -0.1) is 0 Å². The molecule has 0 amide bonds. The number of benzene rings is 2. The molecule has 2 aromatic carbocycles. The van der Waals surface area contributed by atoms with E-state index in [-0.39, 0.29) is 24.5 Å². The Labute approximate surface area is 178 Å². The molecule has 0 saturated heterocycles. The average Bonchev–Trinajstić information content (AvgIpc) is 2.79. The van der Waals surface area contributed by atoms with Gasteiger partial charge in [0.25, 0.3) is 5.56 Å². The Morgan fingerprint density at radius 3 is 2.39 bits per heavy atom. The maximum Gasteiger partial charge on any atom is 0.339 e. The molecule has 4 rings (SSSR count). The van der Waals surface area contributed by atoms with E-state index in [0.717, 1.165) is 16.8 Å². The predicted octanol–water partition coefficient (Wildman–Crippen LogP) is 3.70. The molecule has 2 aromatic heterocycles. The van der Waals surface area contributed by atoms with E-state index in [1.54, 1.807) is 24.3 Å². The smallest absolute Gasteiger partial charge is 0.339 e. The van der Waals surface area contributed by atoms with Crippen LogP contribution in [0.3, 0.4) is 0 Å². The van der Waals surface area contributed by atoms with Crippen LogP contribution in [0.2, 0.25) is 0 Å². The van der Waals surface area contributed by atoms with Crippen LogP contribution >= 0.6 is 0 Å². The van der Waals surface area contributed by atoms with E-state index < -0.39 is 5.97 Å². The van der Waals surface area contributed by atoms with E-state index in [1.165, 1.54) is 4.57 Å². The van der Waals surface area contributed by atoms with E-state index in [0.29, 0.717) is 28.3 Å². The van der Waals surface area contributed by atoms with Crippen LogP contribution in [0.1, 0.15) is 34.4 Å². The molecule has 7 heteroatoms. The summed E-state index contributed by atoms with van der Waals surface area (Å²) < 4.78 is 6.84. The first-order valence-electron chi connectivity index (χ1n) is 9.95. The Morgan fingerprint density at radius 2 is 1.71 bits per heavy atom. The summed E-state index contributed by atoms with van der Waals surface area (Å²) in [6.07, 6.45) is 0.685. The zero-order chi connectivity index (χ0) is 22.0. The van der Waals surface area contributed by atoms with Gasteiger partial charge in [0.1, 0.15) is 13.2 Å². The second-order valence-electron chi connectivity index (χ2n) is 7.10. The number of esters is 1. The molecule has 0 unspecified atom stereocenters. The summed E-state index contributed by atoms with van der Waals surface area (Å²) in [6.45, 7) is 3.44. The molecule has 4 aromatic rings. The molecule has 0 atom stereocenters. The summed E-state index contributed by atoms with van der Waals surface area (Å²) in [5.74, 6) is -0.290. The monoisotopic (exact) mass is 412 g/mol. The summed E-state index contributed by atoms with van der Waals surface area (Å²) in [5.41, 5.74) is 2.94. The lowest BCUT2D eigenvalue weighted by molar-refractivity contribution is 0.0458. The molecule has 7 nitrogen and oxygen atoms in total. The van der Waals surface area contributed by atoms with Crippen molar-refractivity contribution in [3.8, 4) is 6.07 Å². The molecular weight excluding hydrogens is 392 g/mol. The van der Waals surface area contributed by atoms with Crippen LogP contribution in [0.25, 0.3) is 21.8 Å². The normalized spacial score (nSPS) is 10.9. The SMILES string of the molecule is CCc1nc2ccccc2c(C(=O)OCc2nc3ccccc3c(=O)n2CC#N)c1C. The molecule has 0 aliphatic rings. The van der Waals surface area contributed by atoms with Gasteiger partial charge in [0.2, 0.25) is 0 Å². The number of ether oxygens (including phenoxy) is 1. The highest BCUT2D eigenvalue weighted by atomic mass is 16.5. The van der Waals surface area contributed by atoms with Crippen molar-refractivity contribution in [3.63, 3.8) is 0 Å². The minimum absolute atomic E-state index is 0.180. The van der Waals surface area contributed by atoms with E-state index in [4.69, 9.17) is 10.00 Å². The van der Waals surface area contributed by atoms with Crippen molar-refractivity contribution in [2.24, 2.45) is 0 Å². The maximum absolute atomic E-state index is 13.1. The lowest BCUT2D eigenvalue weighted by Crippen LogP contribution is -2.26. The largest absolute Gasteiger partial charge is 0.454 e. The third-order valence-electron chi connectivity index (χ3n) is 5.28. The van der Waals surface area contributed by atoms with Gasteiger partial charge in [0.05, 0.1) is 28.1 Å². The highest BCUT2D eigenvalue weighted by molar-refractivity contribution is 6.05. The van der Waals surface area contributed by atoms with Gasteiger partial charge in [-0.25, -0.2) is 9.78 Å². The molecule has 0 N–H and O–H groups in total. The number of para-hydroxylation sites is 2. The molecule has 0 radical (unpaired) electrons. The van der Waals surface area contributed by atoms with Crippen LogP contribution in [0.4, 0.5) is 0 Å². The van der Waals surface area contributed by atoms with Gasteiger partial charge in [-0.1, -0.05) is 37.3 Å². The number of pyridine rings is 1. The second kappa shape index (κ2) is 8.36. The molecule has 154 valence electrons. The van der Waals surface area contributed by atoms with Crippen molar-refractivity contribution in [1.82, 2.24) is 14.5 Å². The van der Waals surface area contributed by atoms with Gasteiger partial charge in [0, 0.05) is 11.1 Å². The highest BCUT2D eigenvalue weighted by Gasteiger charge is 2.20. The van der Waals surface area contributed by atoms with Crippen LogP contribution in [-0.4, -0.2) is 20.5 Å². The van der Waals surface area contributed by atoms with Crippen molar-refractivity contribution in [2.45, 2.75) is 33.4 Å². The fourth-order valence-electron chi connectivity index (χ4n) is 3.73. The van der Waals surface area contributed by atoms with Crippen molar-refractivity contribution in [2.75, 3.05) is 0 Å². The fourth-order valence-corrected chi connectivity index (χ4v) is 3.73. The highest BCUT2D eigenvalue weighted by Crippen LogP contribution is 2.24. The predicted molar refractivity (Wildman–Crippen MR) is 117 cm³/mol. The molecule has 0 aliphatic heterocycles. The Balaban J connectivity index is 1.74. The number of fused-ring (bicyclic) bond motifs is 2. The van der Waals surface area contributed by atoms with E-state index in [1.807, 2.05) is 44.2 Å². The molecule has 0 fully saturated rings. The van der Waals surface area contributed by atoms with Crippen LogP contribution in [-0.2, 0) is 24.3 Å². The Bertz CT molecular complexity index is 1420. The second-order valence-corrected chi connectivity index (χ2v) is 7.10. The maximum atomic E-state index is 13.1. The Hall–Kier alpha value is -4.05. The average molecular weight is 412 g/mol. The van der Waals surface area contributed by atoms with Crippen LogP contribution in [0.5, 0.6) is 0 Å². The lowest BCUT2D eigenvalue weighted by atomic mass is 10.0. The summed E-state index contributed by atoms with van der Waals surface area (Å²) in [4.78, 5) is 35.0. The first kappa shape index (κ1) is 20.2. The van der Waals surface area contributed by atoms with Gasteiger partial charge in [-0.3, -0.25) is 14.3 Å². The van der Waals surface area contributed by atoms with E-state index in [9.17, 15) is 9.59 Å². The number of nitriles is 1. The van der Waals surface area contributed by atoms with Crippen LogP contribution < -0.4 is 5.56 Å². The summed E-state index contributed by atoms with van der Waals surface area (Å²) in [7, 11) is 0. The molecular formula is C24H20N4O3. The van der Waals surface area contributed by atoms with E-state index >= 15 is 0 Å². The number of nitrogens with zero attached hydrogens (tertiary/aromatic N) is 4. The van der Waals surface area contributed by atoms with Gasteiger partial charge < -0.3 is 4.74 Å². The standard InChI is InChI=1S/C24H20N4O3/c1-3-18-15(2)22(16-8-4-6-10-19(16)26-18)24(30)31-14-21-27-20-11-7-5-9-17(20)23(29)28(21)13-12-25/h4-11H,3,13-14H2,1-2H3. The minimum atomic E-state index is -0.517. The Kier molecular flexibility index (Phi) is 5.46. The first-order chi connectivity index (χ1) is 15.0. The fraction of sp³-hybridized carbons (Fsp3) is 0.208. The van der Waals surface area contributed by atoms with Crippen molar-refractivity contribution in [3.05, 3.63) is 81.5 Å². The van der Waals surface area contributed by atoms with Crippen molar-refractivity contribution >= 4 is 27.8 Å². The first-order valence-corrected chi connectivity index (χ1v) is 9.95.